The minimum Gasteiger partial charge on any atom is -0.493 e. The normalized spacial score (nSPS) is 14.4. The summed E-state index contributed by atoms with van der Waals surface area (Å²) in [4.78, 5) is 45.1. The van der Waals surface area contributed by atoms with Crippen LogP contribution >= 0.6 is 22.9 Å². The van der Waals surface area contributed by atoms with E-state index in [1.165, 1.54) is 18.4 Å². The number of carbonyl (C=O) groups is 2. The zero-order valence-electron chi connectivity index (χ0n) is 26.7. The minimum atomic E-state index is -0.791. The number of aromatic nitrogens is 1. The average Bonchev–Trinajstić information content (AvgIpc) is 3.37. The SMILES string of the molecule is CCOC(=O)COc1c(Cl)cc(/C=c2\sc3n(c2=O)[C@H](c2ccc(C(C)C)cc2)C(C(=O)OCC)=C(c2ccccc2)N=3)cc1OC. The summed E-state index contributed by atoms with van der Waals surface area (Å²) in [5, 5.41) is 0.187. The van der Waals surface area contributed by atoms with E-state index in [-0.39, 0.29) is 47.5 Å². The van der Waals surface area contributed by atoms with Gasteiger partial charge in [-0.15, -0.1) is 0 Å². The Hall–Kier alpha value is -4.67. The molecule has 9 nitrogen and oxygen atoms in total. The lowest BCUT2D eigenvalue weighted by Gasteiger charge is -2.26. The lowest BCUT2D eigenvalue weighted by molar-refractivity contribution is -0.145. The molecule has 0 saturated carbocycles. The van der Waals surface area contributed by atoms with Crippen LogP contribution in [-0.2, 0) is 19.1 Å². The highest BCUT2D eigenvalue weighted by Crippen LogP contribution is 2.37. The highest BCUT2D eigenvalue weighted by molar-refractivity contribution is 7.07. The Kier molecular flexibility index (Phi) is 10.6. The first kappa shape index (κ1) is 33.7. The van der Waals surface area contributed by atoms with Crippen LogP contribution < -0.4 is 24.4 Å². The maximum Gasteiger partial charge on any atom is 0.344 e. The molecule has 0 amide bonds. The Morgan fingerprint density at radius 1 is 1.02 bits per heavy atom. The van der Waals surface area contributed by atoms with Crippen molar-refractivity contribution in [2.24, 2.45) is 4.99 Å². The Bertz CT molecular complexity index is 2000. The van der Waals surface area contributed by atoms with Crippen molar-refractivity contribution in [2.75, 3.05) is 26.9 Å². The van der Waals surface area contributed by atoms with Gasteiger partial charge >= 0.3 is 11.9 Å². The Balaban J connectivity index is 1.70. The molecule has 0 fully saturated rings. The smallest absolute Gasteiger partial charge is 0.344 e. The second kappa shape index (κ2) is 14.8. The van der Waals surface area contributed by atoms with Crippen molar-refractivity contribution in [3.05, 3.63) is 119 Å². The van der Waals surface area contributed by atoms with Crippen LogP contribution in [0.15, 0.2) is 82.1 Å². The van der Waals surface area contributed by atoms with Gasteiger partial charge in [-0.25, -0.2) is 14.6 Å². The first-order chi connectivity index (χ1) is 22.7. The van der Waals surface area contributed by atoms with Gasteiger partial charge in [0.25, 0.3) is 5.56 Å². The van der Waals surface area contributed by atoms with Crippen LogP contribution in [0.5, 0.6) is 11.5 Å². The summed E-state index contributed by atoms with van der Waals surface area (Å²) in [6.07, 6.45) is 1.68. The minimum absolute atomic E-state index is 0.163. The molecular formula is C36H35ClN2O7S. The third-order valence-corrected chi connectivity index (χ3v) is 8.75. The molecule has 0 spiro atoms. The quantitative estimate of drug-likeness (QED) is 0.189. The van der Waals surface area contributed by atoms with E-state index in [1.54, 1.807) is 36.6 Å². The molecule has 0 saturated heterocycles. The van der Waals surface area contributed by atoms with E-state index in [9.17, 15) is 14.4 Å². The number of methoxy groups -OCH3 is 1. The molecule has 1 aliphatic rings. The zero-order chi connectivity index (χ0) is 33.7. The summed E-state index contributed by atoms with van der Waals surface area (Å²) >= 11 is 7.75. The molecule has 0 aliphatic carbocycles. The molecule has 0 radical (unpaired) electrons. The maximum absolute atomic E-state index is 14.3. The molecule has 0 unspecified atom stereocenters. The first-order valence-electron chi connectivity index (χ1n) is 15.2. The van der Waals surface area contributed by atoms with Crippen molar-refractivity contribution in [1.82, 2.24) is 4.57 Å². The Morgan fingerprint density at radius 3 is 2.36 bits per heavy atom. The van der Waals surface area contributed by atoms with Crippen LogP contribution in [0.25, 0.3) is 11.8 Å². The molecule has 11 heteroatoms. The molecule has 0 N–H and O–H groups in total. The second-order valence-corrected chi connectivity index (χ2v) is 12.3. The van der Waals surface area contributed by atoms with Crippen LogP contribution in [0.2, 0.25) is 5.02 Å². The standard InChI is InChI=1S/C36H35ClN2O7S/c1-6-44-29(40)20-46-33-26(37)17-22(18-27(33)43-5)19-28-34(41)39-32(25-15-13-23(14-16-25)21(3)4)30(35(42)45-7-2)31(38-36(39)47-28)24-11-9-8-10-12-24/h8-19,21,32H,6-7,20H2,1-5H3/b28-19-/t32-/m1/s1. The van der Waals surface area contributed by atoms with Crippen molar-refractivity contribution in [1.29, 1.82) is 0 Å². The van der Waals surface area contributed by atoms with Gasteiger partial charge in [-0.1, -0.05) is 91.4 Å². The number of hydrogen-bond donors (Lipinski definition) is 0. The van der Waals surface area contributed by atoms with Crippen LogP contribution in [0, 0.1) is 0 Å². The van der Waals surface area contributed by atoms with Gasteiger partial charge in [0.05, 0.1) is 47.2 Å². The van der Waals surface area contributed by atoms with Crippen molar-refractivity contribution < 1.29 is 28.5 Å². The molecule has 1 atom stereocenters. The Morgan fingerprint density at radius 2 is 1.72 bits per heavy atom. The van der Waals surface area contributed by atoms with Crippen LogP contribution in [-0.4, -0.2) is 43.4 Å². The van der Waals surface area contributed by atoms with Gasteiger partial charge < -0.3 is 18.9 Å². The molecule has 0 bridgehead atoms. The van der Waals surface area contributed by atoms with Gasteiger partial charge in [-0.2, -0.15) is 0 Å². The zero-order valence-corrected chi connectivity index (χ0v) is 28.3. The van der Waals surface area contributed by atoms with Crippen molar-refractivity contribution >= 4 is 46.6 Å². The first-order valence-corrected chi connectivity index (χ1v) is 16.4. The molecule has 2 heterocycles. The highest BCUT2D eigenvalue weighted by atomic mass is 35.5. The summed E-state index contributed by atoms with van der Waals surface area (Å²) in [7, 11) is 1.45. The lowest BCUT2D eigenvalue weighted by Crippen LogP contribution is -2.40. The van der Waals surface area contributed by atoms with Gasteiger partial charge in [0.2, 0.25) is 0 Å². The predicted molar refractivity (Wildman–Crippen MR) is 182 cm³/mol. The van der Waals surface area contributed by atoms with Gasteiger partial charge in [0, 0.05) is 5.56 Å². The summed E-state index contributed by atoms with van der Waals surface area (Å²) < 4.78 is 23.5. The van der Waals surface area contributed by atoms with Crippen LogP contribution in [0.3, 0.4) is 0 Å². The fraction of sp³-hybridized carbons (Fsp3) is 0.278. The molecule has 5 rings (SSSR count). The number of benzene rings is 3. The largest absolute Gasteiger partial charge is 0.493 e. The number of nitrogens with zero attached hydrogens (tertiary/aromatic N) is 2. The summed E-state index contributed by atoms with van der Waals surface area (Å²) in [6, 6.07) is 19.8. The Labute approximate surface area is 281 Å². The number of thiazole rings is 1. The van der Waals surface area contributed by atoms with Crippen molar-refractivity contribution in [2.45, 2.75) is 39.7 Å². The summed E-state index contributed by atoms with van der Waals surface area (Å²) in [5.74, 6) is -0.326. The van der Waals surface area contributed by atoms with Gasteiger partial charge in [0.15, 0.2) is 22.9 Å². The second-order valence-electron chi connectivity index (χ2n) is 10.9. The van der Waals surface area contributed by atoms with Crippen LogP contribution in [0.1, 0.15) is 61.9 Å². The predicted octanol–water partition coefficient (Wildman–Crippen LogP) is 5.66. The lowest BCUT2D eigenvalue weighted by atomic mass is 9.91. The molecule has 3 aromatic carbocycles. The number of rotatable bonds is 11. The molecule has 1 aliphatic heterocycles. The summed E-state index contributed by atoms with van der Waals surface area (Å²) in [6.45, 7) is 7.71. The third kappa shape index (κ3) is 7.18. The third-order valence-electron chi connectivity index (χ3n) is 7.48. The number of fused-ring (bicyclic) bond motifs is 1. The fourth-order valence-corrected chi connectivity index (χ4v) is 6.54. The van der Waals surface area contributed by atoms with E-state index >= 15 is 0 Å². The van der Waals surface area contributed by atoms with E-state index < -0.39 is 18.0 Å². The van der Waals surface area contributed by atoms with Crippen molar-refractivity contribution in [3.8, 4) is 11.5 Å². The van der Waals surface area contributed by atoms with Gasteiger partial charge in [0.1, 0.15) is 0 Å². The molecule has 4 aromatic rings. The number of hydrogen-bond acceptors (Lipinski definition) is 9. The molecule has 244 valence electrons. The average molecular weight is 675 g/mol. The molecule has 47 heavy (non-hydrogen) atoms. The maximum atomic E-state index is 14.3. The monoisotopic (exact) mass is 674 g/mol. The highest BCUT2D eigenvalue weighted by Gasteiger charge is 2.35. The molecule has 1 aromatic heterocycles. The van der Waals surface area contributed by atoms with Crippen LogP contribution in [0.4, 0.5) is 0 Å². The van der Waals surface area contributed by atoms with E-state index in [0.29, 0.717) is 26.5 Å². The van der Waals surface area contributed by atoms with E-state index in [2.05, 4.69) is 13.8 Å². The number of esters is 2. The van der Waals surface area contributed by atoms with Gasteiger partial charge in [-0.05, 0) is 54.7 Å². The van der Waals surface area contributed by atoms with Crippen molar-refractivity contribution in [3.63, 3.8) is 0 Å². The van der Waals surface area contributed by atoms with Gasteiger partial charge in [-0.3, -0.25) is 9.36 Å². The number of ether oxygens (including phenoxy) is 4. The van der Waals surface area contributed by atoms with E-state index in [1.807, 2.05) is 54.6 Å². The topological polar surface area (TPSA) is 105 Å². The van der Waals surface area contributed by atoms with E-state index in [0.717, 1.165) is 16.7 Å². The van der Waals surface area contributed by atoms with E-state index in [4.69, 9.17) is 35.5 Å². The summed E-state index contributed by atoms with van der Waals surface area (Å²) in [5.41, 5.74) is 3.56. The fourth-order valence-electron chi connectivity index (χ4n) is 5.27. The number of halogens is 1. The molecular weight excluding hydrogens is 640 g/mol. The number of carbonyl (C=O) groups excluding carboxylic acids is 2.